The third kappa shape index (κ3) is 3.39. The van der Waals surface area contributed by atoms with Gasteiger partial charge in [0.1, 0.15) is 23.7 Å². The van der Waals surface area contributed by atoms with Gasteiger partial charge in [-0.05, 0) is 31.4 Å². The van der Waals surface area contributed by atoms with Gasteiger partial charge < -0.3 is 14.2 Å². The fourth-order valence-corrected chi connectivity index (χ4v) is 2.42. The van der Waals surface area contributed by atoms with E-state index in [-0.39, 0.29) is 12.2 Å². The zero-order chi connectivity index (χ0) is 13.7. The van der Waals surface area contributed by atoms with Crippen LogP contribution in [0.4, 0.5) is 0 Å². The number of benzene rings is 1. The van der Waals surface area contributed by atoms with Gasteiger partial charge in [0.15, 0.2) is 0 Å². The smallest absolute Gasteiger partial charge is 0.141 e. The summed E-state index contributed by atoms with van der Waals surface area (Å²) < 4.78 is 16.5. The highest BCUT2D eigenvalue weighted by Gasteiger charge is 2.23. The first-order valence-corrected chi connectivity index (χ1v) is 6.54. The number of nitriles is 1. The first-order chi connectivity index (χ1) is 9.26. The zero-order valence-corrected chi connectivity index (χ0v) is 11.4. The van der Waals surface area contributed by atoms with Crippen LogP contribution in [0.1, 0.15) is 31.2 Å². The Balaban J connectivity index is 2.11. The van der Waals surface area contributed by atoms with Crippen LogP contribution in [0.5, 0.6) is 11.5 Å². The minimum atomic E-state index is 0.109. The molecule has 2 atom stereocenters. The summed E-state index contributed by atoms with van der Waals surface area (Å²) in [6.07, 6.45) is 4.42. The summed E-state index contributed by atoms with van der Waals surface area (Å²) in [5.41, 5.74) is 0.542. The number of methoxy groups -OCH3 is 2. The molecule has 2 unspecified atom stereocenters. The molecule has 1 aliphatic rings. The Labute approximate surface area is 113 Å². The number of hydrogen-bond donors (Lipinski definition) is 0. The highest BCUT2D eigenvalue weighted by atomic mass is 16.5. The van der Waals surface area contributed by atoms with E-state index >= 15 is 0 Å². The van der Waals surface area contributed by atoms with E-state index in [1.165, 1.54) is 0 Å². The van der Waals surface area contributed by atoms with Crippen LogP contribution in [0.3, 0.4) is 0 Å². The molecule has 0 amide bonds. The van der Waals surface area contributed by atoms with Crippen molar-refractivity contribution in [3.05, 3.63) is 23.8 Å². The maximum atomic E-state index is 9.11. The van der Waals surface area contributed by atoms with Crippen molar-refractivity contribution in [1.29, 1.82) is 5.26 Å². The van der Waals surface area contributed by atoms with E-state index in [0.717, 1.165) is 25.7 Å². The molecule has 2 rings (SSSR count). The molecule has 1 aliphatic carbocycles. The van der Waals surface area contributed by atoms with Gasteiger partial charge in [0.25, 0.3) is 0 Å². The Kier molecular flexibility index (Phi) is 4.64. The zero-order valence-electron chi connectivity index (χ0n) is 11.4. The lowest BCUT2D eigenvalue weighted by Gasteiger charge is -2.29. The second-order valence-corrected chi connectivity index (χ2v) is 4.74. The second kappa shape index (κ2) is 6.44. The van der Waals surface area contributed by atoms with Gasteiger partial charge in [0, 0.05) is 19.6 Å². The molecule has 0 saturated heterocycles. The molecule has 0 bridgehead atoms. The van der Waals surface area contributed by atoms with E-state index in [4.69, 9.17) is 19.5 Å². The third-order valence-corrected chi connectivity index (χ3v) is 3.51. The molecule has 1 aromatic carbocycles. The lowest BCUT2D eigenvalue weighted by Crippen LogP contribution is -2.29. The summed E-state index contributed by atoms with van der Waals surface area (Å²) in [6, 6.07) is 7.42. The average Bonchev–Trinajstić information content (AvgIpc) is 2.47. The lowest BCUT2D eigenvalue weighted by atomic mass is 9.95. The van der Waals surface area contributed by atoms with Gasteiger partial charge >= 0.3 is 0 Å². The van der Waals surface area contributed by atoms with E-state index < -0.39 is 0 Å². The van der Waals surface area contributed by atoms with Gasteiger partial charge in [-0.3, -0.25) is 0 Å². The van der Waals surface area contributed by atoms with Crippen molar-refractivity contribution in [1.82, 2.24) is 0 Å². The fourth-order valence-electron chi connectivity index (χ4n) is 2.42. The molecule has 4 nitrogen and oxygen atoms in total. The van der Waals surface area contributed by atoms with E-state index in [2.05, 4.69) is 6.07 Å². The van der Waals surface area contributed by atoms with Crippen molar-refractivity contribution < 1.29 is 14.2 Å². The lowest BCUT2D eigenvalue weighted by molar-refractivity contribution is 0.0208. The number of ether oxygens (including phenoxy) is 3. The van der Waals surface area contributed by atoms with Gasteiger partial charge in [-0.2, -0.15) is 5.26 Å². The highest BCUT2D eigenvalue weighted by Crippen LogP contribution is 2.29. The standard InChI is InChI=1S/C15H19NO3/c1-17-12-4-3-5-14(8-12)19-15-9-13(18-2)7-6-11(15)10-16/h6-7,9,12,14H,3-5,8H2,1-2H3. The van der Waals surface area contributed by atoms with Gasteiger partial charge in [0.2, 0.25) is 0 Å². The molecular formula is C15H19NO3. The van der Waals surface area contributed by atoms with Crippen LogP contribution < -0.4 is 9.47 Å². The minimum absolute atomic E-state index is 0.109. The summed E-state index contributed by atoms with van der Waals surface area (Å²) in [5.74, 6) is 1.30. The number of hydrogen-bond acceptors (Lipinski definition) is 4. The summed E-state index contributed by atoms with van der Waals surface area (Å²) in [7, 11) is 3.34. The van der Waals surface area contributed by atoms with Crippen LogP contribution in [0, 0.1) is 11.3 Å². The quantitative estimate of drug-likeness (QED) is 0.836. The molecule has 1 saturated carbocycles. The van der Waals surface area contributed by atoms with E-state index in [1.54, 1.807) is 32.4 Å². The summed E-state index contributed by atoms with van der Waals surface area (Å²) in [4.78, 5) is 0. The molecule has 0 aliphatic heterocycles. The van der Waals surface area contributed by atoms with Crippen molar-refractivity contribution >= 4 is 0 Å². The van der Waals surface area contributed by atoms with Crippen LogP contribution in [-0.2, 0) is 4.74 Å². The molecule has 0 aromatic heterocycles. The Hall–Kier alpha value is -1.73. The first kappa shape index (κ1) is 13.7. The average molecular weight is 261 g/mol. The van der Waals surface area contributed by atoms with Crippen LogP contribution in [0.15, 0.2) is 18.2 Å². The molecule has 4 heteroatoms. The summed E-state index contributed by atoms with van der Waals surface area (Å²) in [5, 5.41) is 9.11. The minimum Gasteiger partial charge on any atom is -0.497 e. The molecule has 0 radical (unpaired) electrons. The molecule has 0 N–H and O–H groups in total. The van der Waals surface area contributed by atoms with Gasteiger partial charge in [-0.1, -0.05) is 0 Å². The molecule has 1 aromatic rings. The third-order valence-electron chi connectivity index (χ3n) is 3.51. The summed E-state index contributed by atoms with van der Waals surface area (Å²) in [6.45, 7) is 0. The van der Waals surface area contributed by atoms with Gasteiger partial charge in [-0.25, -0.2) is 0 Å². The maximum Gasteiger partial charge on any atom is 0.141 e. The van der Waals surface area contributed by atoms with E-state index in [0.29, 0.717) is 17.1 Å². The van der Waals surface area contributed by atoms with Gasteiger partial charge in [0.05, 0.1) is 18.8 Å². The van der Waals surface area contributed by atoms with E-state index in [1.807, 2.05) is 0 Å². The van der Waals surface area contributed by atoms with Crippen LogP contribution in [-0.4, -0.2) is 26.4 Å². The SMILES string of the molecule is COc1ccc(C#N)c(OC2CCCC(OC)C2)c1. The molecular weight excluding hydrogens is 242 g/mol. The van der Waals surface area contributed by atoms with E-state index in [9.17, 15) is 0 Å². The number of rotatable bonds is 4. The van der Waals surface area contributed by atoms with Crippen molar-refractivity contribution in [2.75, 3.05) is 14.2 Å². The first-order valence-electron chi connectivity index (χ1n) is 6.54. The predicted octanol–water partition coefficient (Wildman–Crippen LogP) is 2.90. The molecule has 19 heavy (non-hydrogen) atoms. The summed E-state index contributed by atoms with van der Waals surface area (Å²) >= 11 is 0. The topological polar surface area (TPSA) is 51.5 Å². The van der Waals surface area contributed by atoms with Crippen molar-refractivity contribution in [3.63, 3.8) is 0 Å². The van der Waals surface area contributed by atoms with Crippen LogP contribution in [0.25, 0.3) is 0 Å². The fraction of sp³-hybridized carbons (Fsp3) is 0.533. The molecule has 0 spiro atoms. The molecule has 1 fully saturated rings. The predicted molar refractivity (Wildman–Crippen MR) is 71.4 cm³/mol. The Bertz CT molecular complexity index is 467. The number of nitrogens with zero attached hydrogens (tertiary/aromatic N) is 1. The molecule has 0 heterocycles. The molecule has 102 valence electrons. The van der Waals surface area contributed by atoms with Crippen molar-refractivity contribution in [3.8, 4) is 17.6 Å². The normalized spacial score (nSPS) is 22.6. The monoisotopic (exact) mass is 261 g/mol. The van der Waals surface area contributed by atoms with Crippen molar-refractivity contribution in [2.24, 2.45) is 0 Å². The van der Waals surface area contributed by atoms with Gasteiger partial charge in [-0.15, -0.1) is 0 Å². The Morgan fingerprint density at radius 1 is 1.21 bits per heavy atom. The van der Waals surface area contributed by atoms with Crippen LogP contribution in [0.2, 0.25) is 0 Å². The second-order valence-electron chi connectivity index (χ2n) is 4.74. The highest BCUT2D eigenvalue weighted by molar-refractivity contribution is 5.47. The Morgan fingerprint density at radius 3 is 2.68 bits per heavy atom. The van der Waals surface area contributed by atoms with Crippen molar-refractivity contribution in [2.45, 2.75) is 37.9 Å². The largest absolute Gasteiger partial charge is 0.497 e. The maximum absolute atomic E-state index is 9.11. The Morgan fingerprint density at radius 2 is 2.00 bits per heavy atom. The van der Waals surface area contributed by atoms with Crippen LogP contribution >= 0.6 is 0 Å².